The van der Waals surface area contributed by atoms with Gasteiger partial charge in [0, 0.05) is 0 Å². The topological polar surface area (TPSA) is 78.6 Å². The standard InChI is InChI=1S/C9H10O2.C2H5NO2/c1-2-11-9(10)8-6-4-3-5-7-8;1-5-2(3)4/h3-7H,2H2,1H3;1H3,(H2,3,4). The third kappa shape index (κ3) is 6.42. The van der Waals surface area contributed by atoms with Crippen molar-refractivity contribution in [3.8, 4) is 0 Å². The Bertz CT molecular complexity index is 324. The van der Waals surface area contributed by atoms with Crippen molar-refractivity contribution in [2.75, 3.05) is 13.7 Å². The molecule has 88 valence electrons. The summed E-state index contributed by atoms with van der Waals surface area (Å²) in [5.41, 5.74) is 5.04. The summed E-state index contributed by atoms with van der Waals surface area (Å²) in [6, 6.07) is 8.96. The highest BCUT2D eigenvalue weighted by molar-refractivity contribution is 5.89. The molecule has 1 aromatic rings. The van der Waals surface area contributed by atoms with Gasteiger partial charge in [-0.15, -0.1) is 0 Å². The van der Waals surface area contributed by atoms with E-state index in [1.807, 2.05) is 18.2 Å². The molecular weight excluding hydrogens is 210 g/mol. The van der Waals surface area contributed by atoms with Gasteiger partial charge in [-0.25, -0.2) is 9.59 Å². The van der Waals surface area contributed by atoms with E-state index in [-0.39, 0.29) is 5.97 Å². The van der Waals surface area contributed by atoms with Gasteiger partial charge in [0.15, 0.2) is 0 Å². The molecule has 1 rings (SSSR count). The minimum atomic E-state index is -0.745. The van der Waals surface area contributed by atoms with Gasteiger partial charge in [-0.1, -0.05) is 18.2 Å². The zero-order valence-corrected chi connectivity index (χ0v) is 9.30. The maximum Gasteiger partial charge on any atom is 0.404 e. The van der Waals surface area contributed by atoms with E-state index in [4.69, 9.17) is 4.74 Å². The lowest BCUT2D eigenvalue weighted by molar-refractivity contribution is 0.0526. The van der Waals surface area contributed by atoms with Crippen molar-refractivity contribution in [1.29, 1.82) is 0 Å². The number of carbonyl (C=O) groups excluding carboxylic acids is 2. The van der Waals surface area contributed by atoms with E-state index >= 15 is 0 Å². The Hall–Kier alpha value is -2.04. The van der Waals surface area contributed by atoms with Crippen molar-refractivity contribution < 1.29 is 19.1 Å². The molecule has 0 aliphatic rings. The molecule has 5 nitrogen and oxygen atoms in total. The van der Waals surface area contributed by atoms with Crippen LogP contribution in [0, 0.1) is 0 Å². The molecule has 0 radical (unpaired) electrons. The molecule has 0 saturated carbocycles. The molecule has 16 heavy (non-hydrogen) atoms. The van der Waals surface area contributed by atoms with Crippen LogP contribution in [0.15, 0.2) is 30.3 Å². The number of benzene rings is 1. The van der Waals surface area contributed by atoms with Crippen molar-refractivity contribution in [2.24, 2.45) is 5.73 Å². The number of carbonyl (C=O) groups is 2. The number of hydrogen-bond donors (Lipinski definition) is 1. The molecular formula is C11H15NO4. The highest BCUT2D eigenvalue weighted by Gasteiger charge is 2.02. The summed E-state index contributed by atoms with van der Waals surface area (Å²) in [5.74, 6) is -0.256. The molecule has 2 N–H and O–H groups in total. The largest absolute Gasteiger partial charge is 0.462 e. The summed E-state index contributed by atoms with van der Waals surface area (Å²) in [5, 5.41) is 0. The minimum absolute atomic E-state index is 0.256. The van der Waals surface area contributed by atoms with Crippen LogP contribution >= 0.6 is 0 Å². The van der Waals surface area contributed by atoms with Gasteiger partial charge < -0.3 is 15.2 Å². The first kappa shape index (κ1) is 14.0. The molecule has 1 amide bonds. The predicted octanol–water partition coefficient (Wildman–Crippen LogP) is 1.57. The van der Waals surface area contributed by atoms with Gasteiger partial charge in [-0.05, 0) is 19.1 Å². The molecule has 0 aliphatic heterocycles. The second kappa shape index (κ2) is 8.28. The number of primary amides is 1. The van der Waals surface area contributed by atoms with Crippen molar-refractivity contribution >= 4 is 12.1 Å². The lowest BCUT2D eigenvalue weighted by atomic mass is 10.2. The van der Waals surface area contributed by atoms with Crippen molar-refractivity contribution in [3.05, 3.63) is 35.9 Å². The number of hydrogen-bond acceptors (Lipinski definition) is 4. The fourth-order valence-electron chi connectivity index (χ4n) is 0.789. The average molecular weight is 225 g/mol. The second-order valence-electron chi connectivity index (χ2n) is 2.61. The molecule has 0 heterocycles. The number of esters is 1. The fraction of sp³-hybridized carbons (Fsp3) is 0.273. The SMILES string of the molecule is CCOC(=O)c1ccccc1.COC(N)=O. The summed E-state index contributed by atoms with van der Waals surface area (Å²) >= 11 is 0. The van der Waals surface area contributed by atoms with E-state index in [1.165, 1.54) is 7.11 Å². The van der Waals surface area contributed by atoms with Crippen LogP contribution in [-0.2, 0) is 9.47 Å². The highest BCUT2D eigenvalue weighted by Crippen LogP contribution is 1.99. The number of rotatable bonds is 2. The lowest BCUT2D eigenvalue weighted by Crippen LogP contribution is -2.08. The van der Waals surface area contributed by atoms with E-state index in [0.29, 0.717) is 12.2 Å². The van der Waals surface area contributed by atoms with E-state index in [2.05, 4.69) is 10.5 Å². The maximum absolute atomic E-state index is 11.0. The van der Waals surface area contributed by atoms with Crippen LogP contribution in [0.25, 0.3) is 0 Å². The fourth-order valence-corrected chi connectivity index (χ4v) is 0.789. The summed E-state index contributed by atoms with van der Waals surface area (Å²) in [6.45, 7) is 2.22. The van der Waals surface area contributed by atoms with Crippen LogP contribution < -0.4 is 5.73 Å². The second-order valence-corrected chi connectivity index (χ2v) is 2.61. The van der Waals surface area contributed by atoms with Gasteiger partial charge in [0.2, 0.25) is 0 Å². The summed E-state index contributed by atoms with van der Waals surface area (Å²) < 4.78 is 8.68. The van der Waals surface area contributed by atoms with Gasteiger partial charge in [-0.3, -0.25) is 0 Å². The van der Waals surface area contributed by atoms with Crippen molar-refractivity contribution in [2.45, 2.75) is 6.92 Å². The molecule has 0 unspecified atom stereocenters. The van der Waals surface area contributed by atoms with Gasteiger partial charge in [0.1, 0.15) is 0 Å². The molecule has 5 heteroatoms. The molecule has 0 saturated heterocycles. The Morgan fingerprint density at radius 2 is 1.75 bits per heavy atom. The van der Waals surface area contributed by atoms with Gasteiger partial charge in [0.25, 0.3) is 0 Å². The Morgan fingerprint density at radius 3 is 2.12 bits per heavy atom. The number of nitrogens with two attached hydrogens (primary N) is 1. The number of methoxy groups -OCH3 is 1. The van der Waals surface area contributed by atoms with E-state index in [1.54, 1.807) is 19.1 Å². The average Bonchev–Trinajstić information content (AvgIpc) is 2.31. The molecule has 0 aromatic heterocycles. The molecule has 1 aromatic carbocycles. The summed E-state index contributed by atoms with van der Waals surface area (Å²) in [7, 11) is 1.22. The first-order chi connectivity index (χ1) is 7.61. The monoisotopic (exact) mass is 225 g/mol. The van der Waals surface area contributed by atoms with Crippen LogP contribution in [0.5, 0.6) is 0 Å². The van der Waals surface area contributed by atoms with Gasteiger partial charge >= 0.3 is 12.1 Å². The quantitative estimate of drug-likeness (QED) is 0.775. The zero-order chi connectivity index (χ0) is 12.4. The van der Waals surface area contributed by atoms with Crippen LogP contribution in [0.4, 0.5) is 4.79 Å². The molecule has 0 aliphatic carbocycles. The Kier molecular flexibility index (Phi) is 7.23. The summed E-state index contributed by atoms with van der Waals surface area (Å²) in [6.07, 6.45) is -0.745. The smallest absolute Gasteiger partial charge is 0.404 e. The highest BCUT2D eigenvalue weighted by atomic mass is 16.5. The van der Waals surface area contributed by atoms with Crippen molar-refractivity contribution in [1.82, 2.24) is 0 Å². The first-order valence-electron chi connectivity index (χ1n) is 4.67. The Morgan fingerprint density at radius 1 is 1.25 bits per heavy atom. The first-order valence-corrected chi connectivity index (χ1v) is 4.67. The third-order valence-electron chi connectivity index (χ3n) is 1.49. The van der Waals surface area contributed by atoms with Crippen LogP contribution in [0.3, 0.4) is 0 Å². The van der Waals surface area contributed by atoms with Crippen molar-refractivity contribution in [3.63, 3.8) is 0 Å². The zero-order valence-electron chi connectivity index (χ0n) is 9.30. The number of ether oxygens (including phenoxy) is 2. The van der Waals surface area contributed by atoms with E-state index in [0.717, 1.165) is 0 Å². The Balaban J connectivity index is 0.000000385. The lowest BCUT2D eigenvalue weighted by Gasteiger charge is -1.99. The van der Waals surface area contributed by atoms with Crippen LogP contribution in [0.1, 0.15) is 17.3 Å². The van der Waals surface area contributed by atoms with Crippen LogP contribution in [-0.4, -0.2) is 25.8 Å². The van der Waals surface area contributed by atoms with Gasteiger partial charge in [0.05, 0.1) is 19.3 Å². The third-order valence-corrected chi connectivity index (χ3v) is 1.49. The minimum Gasteiger partial charge on any atom is -0.462 e. The van der Waals surface area contributed by atoms with E-state index < -0.39 is 6.09 Å². The molecule has 0 atom stereocenters. The molecule has 0 spiro atoms. The van der Waals surface area contributed by atoms with E-state index in [9.17, 15) is 9.59 Å². The molecule has 0 bridgehead atoms. The van der Waals surface area contributed by atoms with Crippen LogP contribution in [0.2, 0.25) is 0 Å². The maximum atomic E-state index is 11.0. The predicted molar refractivity (Wildman–Crippen MR) is 59.0 cm³/mol. The van der Waals surface area contributed by atoms with Gasteiger partial charge in [-0.2, -0.15) is 0 Å². The number of amides is 1. The normalized spacial score (nSPS) is 8.38. The molecule has 0 fully saturated rings. The Labute approximate surface area is 94.2 Å². The summed E-state index contributed by atoms with van der Waals surface area (Å²) in [4.78, 5) is 20.4.